The second-order valence-electron chi connectivity index (χ2n) is 4.50. The summed E-state index contributed by atoms with van der Waals surface area (Å²) in [7, 11) is 0. The number of carbonyl (C=O) groups is 2. The summed E-state index contributed by atoms with van der Waals surface area (Å²) in [6.45, 7) is 1.79. The van der Waals surface area contributed by atoms with Gasteiger partial charge in [0.25, 0.3) is 0 Å². The van der Waals surface area contributed by atoms with Crippen LogP contribution in [-0.2, 0) is 14.9 Å². The van der Waals surface area contributed by atoms with Crippen LogP contribution in [-0.4, -0.2) is 31.7 Å². The topological polar surface area (TPSA) is 105 Å². The van der Waals surface area contributed by atoms with Crippen molar-refractivity contribution in [1.29, 1.82) is 0 Å². The molecule has 0 radical (unpaired) electrons. The van der Waals surface area contributed by atoms with Crippen molar-refractivity contribution in [2.75, 3.05) is 19.5 Å². The van der Waals surface area contributed by atoms with Crippen molar-refractivity contribution in [3.8, 4) is 0 Å². The second-order valence-corrected chi connectivity index (χ2v) is 5.38. The smallest absolute Gasteiger partial charge is 0.404 e. The number of hydrogen-bond acceptors (Lipinski definition) is 5. The van der Waals surface area contributed by atoms with Gasteiger partial charge in [-0.1, -0.05) is 12.1 Å². The van der Waals surface area contributed by atoms with Gasteiger partial charge < -0.3 is 20.9 Å². The average molecular weight is 298 g/mol. The Kier molecular flexibility index (Phi) is 5.69. The zero-order valence-corrected chi connectivity index (χ0v) is 12.2. The van der Waals surface area contributed by atoms with Crippen LogP contribution in [0.5, 0.6) is 0 Å². The van der Waals surface area contributed by atoms with Crippen LogP contribution < -0.4 is 11.5 Å². The molecular formula is C13H18N2O4S. The van der Waals surface area contributed by atoms with Crippen LogP contribution in [0.3, 0.4) is 0 Å². The molecule has 110 valence electrons. The molecule has 20 heavy (non-hydrogen) atoms. The van der Waals surface area contributed by atoms with Gasteiger partial charge in [0, 0.05) is 4.90 Å². The molecule has 6 nitrogen and oxygen atoms in total. The van der Waals surface area contributed by atoms with E-state index in [2.05, 4.69) is 0 Å². The average Bonchev–Trinajstić information content (AvgIpc) is 2.43. The minimum atomic E-state index is -0.879. The molecule has 0 aliphatic heterocycles. The van der Waals surface area contributed by atoms with E-state index < -0.39 is 17.6 Å². The number of benzene rings is 1. The molecule has 2 amide bonds. The Bertz CT molecular complexity index is 458. The van der Waals surface area contributed by atoms with Crippen LogP contribution in [0, 0.1) is 0 Å². The Labute approximate surface area is 121 Å². The molecule has 0 spiro atoms. The van der Waals surface area contributed by atoms with Gasteiger partial charge in [-0.15, -0.1) is 11.8 Å². The number of nitrogens with two attached hydrogens (primary N) is 2. The lowest BCUT2D eigenvalue weighted by Gasteiger charge is -2.28. The number of hydrogen-bond donors (Lipinski definition) is 2. The first kappa shape index (κ1) is 16.2. The molecule has 0 heterocycles. The Hall–Kier alpha value is -1.89. The third kappa shape index (κ3) is 4.65. The molecule has 1 rings (SSSR count). The summed E-state index contributed by atoms with van der Waals surface area (Å²) in [4.78, 5) is 22.7. The van der Waals surface area contributed by atoms with Crippen LogP contribution >= 0.6 is 11.8 Å². The van der Waals surface area contributed by atoms with Gasteiger partial charge in [-0.2, -0.15) is 0 Å². The van der Waals surface area contributed by atoms with Crippen molar-refractivity contribution in [3.05, 3.63) is 29.8 Å². The summed E-state index contributed by atoms with van der Waals surface area (Å²) in [5.74, 6) is 0. The molecule has 0 unspecified atom stereocenters. The van der Waals surface area contributed by atoms with E-state index in [1.807, 2.05) is 30.5 Å². The molecule has 0 saturated heterocycles. The molecule has 4 N–H and O–H groups in total. The fourth-order valence-electron chi connectivity index (χ4n) is 1.66. The Morgan fingerprint density at radius 3 is 1.90 bits per heavy atom. The van der Waals surface area contributed by atoms with Gasteiger partial charge in [0.15, 0.2) is 0 Å². The quantitative estimate of drug-likeness (QED) is 0.780. The number of rotatable bonds is 6. The summed E-state index contributed by atoms with van der Waals surface area (Å²) in [6, 6.07) is 7.65. The van der Waals surface area contributed by atoms with E-state index in [9.17, 15) is 9.59 Å². The number of ether oxygens (including phenoxy) is 2. The predicted octanol–water partition coefficient (Wildman–Crippen LogP) is 1.86. The van der Waals surface area contributed by atoms with Crippen LogP contribution in [0.2, 0.25) is 0 Å². The van der Waals surface area contributed by atoms with E-state index >= 15 is 0 Å². The van der Waals surface area contributed by atoms with Gasteiger partial charge in [-0.25, -0.2) is 9.59 Å². The van der Waals surface area contributed by atoms with Gasteiger partial charge in [-0.3, -0.25) is 0 Å². The maximum Gasteiger partial charge on any atom is 0.404 e. The zero-order valence-electron chi connectivity index (χ0n) is 11.4. The maximum atomic E-state index is 10.8. The molecule has 0 saturated carbocycles. The SMILES string of the molecule is CSc1ccc(C(C)(COC(N)=O)COC(N)=O)cc1. The molecular weight excluding hydrogens is 280 g/mol. The molecule has 1 aromatic rings. The third-order valence-corrected chi connectivity index (χ3v) is 3.60. The fraction of sp³-hybridized carbons (Fsp3) is 0.385. The number of amides is 2. The largest absolute Gasteiger partial charge is 0.449 e. The molecule has 0 bridgehead atoms. The molecule has 7 heteroatoms. The van der Waals surface area contributed by atoms with E-state index in [0.717, 1.165) is 10.5 Å². The predicted molar refractivity (Wildman–Crippen MR) is 76.6 cm³/mol. The minimum absolute atomic E-state index is 0.00573. The van der Waals surface area contributed by atoms with Crippen LogP contribution in [0.15, 0.2) is 29.2 Å². The van der Waals surface area contributed by atoms with Crippen molar-refractivity contribution in [2.24, 2.45) is 11.5 Å². The molecule has 1 aromatic carbocycles. The van der Waals surface area contributed by atoms with E-state index in [0.29, 0.717) is 0 Å². The van der Waals surface area contributed by atoms with Gasteiger partial charge in [0.2, 0.25) is 0 Å². The zero-order chi connectivity index (χ0) is 15.2. The van der Waals surface area contributed by atoms with Crippen molar-refractivity contribution in [1.82, 2.24) is 0 Å². The minimum Gasteiger partial charge on any atom is -0.449 e. The monoisotopic (exact) mass is 298 g/mol. The van der Waals surface area contributed by atoms with Gasteiger partial charge >= 0.3 is 12.2 Å². The number of thioether (sulfide) groups is 1. The molecule has 0 aromatic heterocycles. The van der Waals surface area contributed by atoms with Gasteiger partial charge in [0.1, 0.15) is 13.2 Å². The van der Waals surface area contributed by atoms with Crippen molar-refractivity contribution >= 4 is 23.9 Å². The molecule has 0 atom stereocenters. The van der Waals surface area contributed by atoms with E-state index in [4.69, 9.17) is 20.9 Å². The van der Waals surface area contributed by atoms with Crippen LogP contribution in [0.25, 0.3) is 0 Å². The summed E-state index contributed by atoms with van der Waals surface area (Å²) >= 11 is 1.61. The van der Waals surface area contributed by atoms with Crippen LogP contribution in [0.1, 0.15) is 12.5 Å². The first-order valence-electron chi connectivity index (χ1n) is 5.86. The Morgan fingerprint density at radius 2 is 1.55 bits per heavy atom. The standard InChI is InChI=1S/C13H18N2O4S/c1-13(7-18-11(14)16,8-19-12(15)17)9-3-5-10(20-2)6-4-9/h3-6H,7-8H2,1-2H3,(H2,14,16)(H2,15,17). The van der Waals surface area contributed by atoms with E-state index in [1.165, 1.54) is 0 Å². The fourth-order valence-corrected chi connectivity index (χ4v) is 2.07. The lowest BCUT2D eigenvalue weighted by molar-refractivity contribution is 0.0816. The lowest BCUT2D eigenvalue weighted by atomic mass is 9.84. The lowest BCUT2D eigenvalue weighted by Crippen LogP contribution is -2.37. The highest BCUT2D eigenvalue weighted by molar-refractivity contribution is 7.98. The highest BCUT2D eigenvalue weighted by Gasteiger charge is 2.30. The summed E-state index contributed by atoms with van der Waals surface area (Å²) < 4.78 is 9.70. The normalized spacial score (nSPS) is 10.9. The van der Waals surface area contributed by atoms with Crippen LogP contribution in [0.4, 0.5) is 9.59 Å². The van der Waals surface area contributed by atoms with Crippen molar-refractivity contribution in [2.45, 2.75) is 17.2 Å². The Morgan fingerprint density at radius 1 is 1.10 bits per heavy atom. The van der Waals surface area contributed by atoms with E-state index in [-0.39, 0.29) is 13.2 Å². The van der Waals surface area contributed by atoms with Gasteiger partial charge in [0.05, 0.1) is 5.41 Å². The van der Waals surface area contributed by atoms with E-state index in [1.54, 1.807) is 18.7 Å². The Balaban J connectivity index is 2.93. The number of carbonyl (C=O) groups excluding carboxylic acids is 2. The first-order valence-corrected chi connectivity index (χ1v) is 7.09. The first-order chi connectivity index (χ1) is 9.37. The third-order valence-electron chi connectivity index (χ3n) is 2.85. The summed E-state index contributed by atoms with van der Waals surface area (Å²) in [5, 5.41) is 0. The highest BCUT2D eigenvalue weighted by atomic mass is 32.2. The summed E-state index contributed by atoms with van der Waals surface area (Å²) in [5.41, 5.74) is 10.1. The van der Waals surface area contributed by atoms with Crippen molar-refractivity contribution < 1.29 is 19.1 Å². The number of primary amides is 2. The van der Waals surface area contributed by atoms with Crippen molar-refractivity contribution in [3.63, 3.8) is 0 Å². The highest BCUT2D eigenvalue weighted by Crippen LogP contribution is 2.27. The second kappa shape index (κ2) is 7.04. The molecule has 0 aliphatic carbocycles. The molecule has 0 aliphatic rings. The van der Waals surface area contributed by atoms with Gasteiger partial charge in [-0.05, 0) is 30.9 Å². The molecule has 0 fully saturated rings. The summed E-state index contributed by atoms with van der Waals surface area (Å²) in [6.07, 6.45) is 0.215. The maximum absolute atomic E-state index is 10.8.